The number of amides is 1. The highest BCUT2D eigenvalue weighted by Gasteiger charge is 2.10. The molecular formula is C11H10N2O3S. The van der Waals surface area contributed by atoms with E-state index in [1.807, 2.05) is 0 Å². The second kappa shape index (κ2) is 4.84. The Kier molecular flexibility index (Phi) is 3.24. The van der Waals surface area contributed by atoms with Crippen LogP contribution in [0, 0.1) is 0 Å². The van der Waals surface area contributed by atoms with E-state index in [1.54, 1.807) is 11.6 Å². The van der Waals surface area contributed by atoms with Crippen molar-refractivity contribution >= 4 is 22.4 Å². The zero-order valence-electron chi connectivity index (χ0n) is 9.01. The Hall–Kier alpha value is -2.08. The highest BCUT2D eigenvalue weighted by Crippen LogP contribution is 2.26. The Labute approximate surface area is 102 Å². The van der Waals surface area contributed by atoms with Crippen LogP contribution in [0.1, 0.15) is 10.4 Å². The molecule has 2 rings (SSSR count). The summed E-state index contributed by atoms with van der Waals surface area (Å²) in [5, 5.41) is 14.3. The lowest BCUT2D eigenvalue weighted by Crippen LogP contribution is -2.11. The molecule has 0 spiro atoms. The maximum atomic E-state index is 11.8. The molecule has 1 aromatic heterocycles. The number of thiazole rings is 1. The third-order valence-corrected chi connectivity index (χ3v) is 2.78. The number of carbonyl (C=O) groups is 1. The summed E-state index contributed by atoms with van der Waals surface area (Å²) in [5.74, 6) is -0.0339. The van der Waals surface area contributed by atoms with Gasteiger partial charge in [-0.3, -0.25) is 10.1 Å². The smallest absolute Gasteiger partial charge is 0.257 e. The largest absolute Gasteiger partial charge is 0.504 e. The SMILES string of the molecule is COc1cc(C(=O)Nc2nccs2)ccc1O. The second-order valence-corrected chi connectivity index (χ2v) is 4.07. The molecule has 0 aliphatic rings. The van der Waals surface area contributed by atoms with E-state index in [0.29, 0.717) is 10.7 Å². The molecule has 2 N–H and O–H groups in total. The lowest BCUT2D eigenvalue weighted by molar-refractivity contribution is 0.102. The van der Waals surface area contributed by atoms with Crippen LogP contribution in [0.25, 0.3) is 0 Å². The summed E-state index contributed by atoms with van der Waals surface area (Å²) in [6.07, 6.45) is 1.61. The van der Waals surface area contributed by atoms with Crippen LogP contribution in [-0.4, -0.2) is 23.1 Å². The van der Waals surface area contributed by atoms with E-state index in [9.17, 15) is 9.90 Å². The Balaban J connectivity index is 2.19. The number of hydrogen-bond donors (Lipinski definition) is 2. The first-order chi connectivity index (χ1) is 8.20. The van der Waals surface area contributed by atoms with E-state index in [1.165, 1.54) is 36.6 Å². The number of benzene rings is 1. The van der Waals surface area contributed by atoms with Crippen LogP contribution >= 0.6 is 11.3 Å². The first-order valence-electron chi connectivity index (χ1n) is 4.78. The second-order valence-electron chi connectivity index (χ2n) is 3.18. The zero-order valence-corrected chi connectivity index (χ0v) is 9.82. The Morgan fingerprint density at radius 2 is 2.35 bits per heavy atom. The normalized spacial score (nSPS) is 9.94. The summed E-state index contributed by atoms with van der Waals surface area (Å²) in [6, 6.07) is 4.40. The predicted molar refractivity (Wildman–Crippen MR) is 64.7 cm³/mol. The quantitative estimate of drug-likeness (QED) is 0.875. The molecule has 0 fully saturated rings. The molecule has 2 aromatic rings. The molecule has 0 saturated carbocycles. The monoisotopic (exact) mass is 250 g/mol. The summed E-state index contributed by atoms with van der Waals surface area (Å²) in [7, 11) is 1.43. The average Bonchev–Trinajstić information content (AvgIpc) is 2.82. The van der Waals surface area contributed by atoms with Crippen LogP contribution < -0.4 is 10.1 Å². The number of methoxy groups -OCH3 is 1. The van der Waals surface area contributed by atoms with Crippen LogP contribution in [0.5, 0.6) is 11.5 Å². The molecule has 0 atom stereocenters. The van der Waals surface area contributed by atoms with Crippen LogP contribution in [0.4, 0.5) is 5.13 Å². The maximum Gasteiger partial charge on any atom is 0.257 e. The number of ether oxygens (including phenoxy) is 1. The van der Waals surface area contributed by atoms with Crippen molar-refractivity contribution in [3.05, 3.63) is 35.3 Å². The Morgan fingerprint density at radius 3 is 3.00 bits per heavy atom. The topological polar surface area (TPSA) is 71.5 Å². The highest BCUT2D eigenvalue weighted by atomic mass is 32.1. The first-order valence-corrected chi connectivity index (χ1v) is 5.66. The van der Waals surface area contributed by atoms with Gasteiger partial charge in [0, 0.05) is 17.1 Å². The van der Waals surface area contributed by atoms with Gasteiger partial charge in [-0.25, -0.2) is 4.98 Å². The lowest BCUT2D eigenvalue weighted by Gasteiger charge is -2.06. The fourth-order valence-electron chi connectivity index (χ4n) is 1.27. The summed E-state index contributed by atoms with van der Waals surface area (Å²) < 4.78 is 4.93. The van der Waals surface area contributed by atoms with Gasteiger partial charge in [0.05, 0.1) is 7.11 Å². The third kappa shape index (κ3) is 2.54. The molecule has 17 heavy (non-hydrogen) atoms. The molecule has 88 valence electrons. The van der Waals surface area contributed by atoms with Gasteiger partial charge >= 0.3 is 0 Å². The number of hydrogen-bond acceptors (Lipinski definition) is 5. The molecular weight excluding hydrogens is 240 g/mol. The number of phenolic OH excluding ortho intramolecular Hbond substituents is 1. The standard InChI is InChI=1S/C11H10N2O3S/c1-16-9-6-7(2-3-8(9)14)10(15)13-11-12-4-5-17-11/h2-6,14H,1H3,(H,12,13,15). The zero-order chi connectivity index (χ0) is 12.3. The number of carbonyl (C=O) groups excluding carboxylic acids is 1. The van der Waals surface area contributed by atoms with E-state index < -0.39 is 0 Å². The average molecular weight is 250 g/mol. The van der Waals surface area contributed by atoms with Crippen LogP contribution in [0.3, 0.4) is 0 Å². The van der Waals surface area contributed by atoms with Crippen molar-refractivity contribution in [3.63, 3.8) is 0 Å². The highest BCUT2D eigenvalue weighted by molar-refractivity contribution is 7.13. The van der Waals surface area contributed by atoms with Gasteiger partial charge in [0.2, 0.25) is 0 Å². The molecule has 0 bridgehead atoms. The van der Waals surface area contributed by atoms with Crippen LogP contribution in [-0.2, 0) is 0 Å². The van der Waals surface area contributed by atoms with Gasteiger partial charge in [0.15, 0.2) is 16.6 Å². The van der Waals surface area contributed by atoms with Crippen molar-refractivity contribution in [2.24, 2.45) is 0 Å². The summed E-state index contributed by atoms with van der Waals surface area (Å²) in [5.41, 5.74) is 0.398. The number of anilines is 1. The number of nitrogens with zero attached hydrogens (tertiary/aromatic N) is 1. The number of rotatable bonds is 3. The summed E-state index contributed by atoms with van der Waals surface area (Å²) in [6.45, 7) is 0. The number of phenols is 1. The van der Waals surface area contributed by atoms with Gasteiger partial charge < -0.3 is 9.84 Å². The Morgan fingerprint density at radius 1 is 1.53 bits per heavy atom. The number of aromatic nitrogens is 1. The van der Waals surface area contributed by atoms with Gasteiger partial charge in [0.1, 0.15) is 0 Å². The molecule has 0 unspecified atom stereocenters. The van der Waals surface area contributed by atoms with Crippen molar-refractivity contribution < 1.29 is 14.6 Å². The molecule has 1 aromatic carbocycles. The van der Waals surface area contributed by atoms with E-state index in [2.05, 4.69) is 10.3 Å². The van der Waals surface area contributed by atoms with Crippen LogP contribution in [0.2, 0.25) is 0 Å². The molecule has 0 aliphatic carbocycles. The van der Waals surface area contributed by atoms with Crippen molar-refractivity contribution in [2.75, 3.05) is 12.4 Å². The van der Waals surface area contributed by atoms with Gasteiger partial charge in [-0.15, -0.1) is 11.3 Å². The van der Waals surface area contributed by atoms with Crippen LogP contribution in [0.15, 0.2) is 29.8 Å². The van der Waals surface area contributed by atoms with Crippen molar-refractivity contribution in [1.29, 1.82) is 0 Å². The van der Waals surface area contributed by atoms with E-state index in [4.69, 9.17) is 4.74 Å². The van der Waals surface area contributed by atoms with Gasteiger partial charge in [-0.05, 0) is 18.2 Å². The fraction of sp³-hybridized carbons (Fsp3) is 0.0909. The number of nitrogens with one attached hydrogen (secondary N) is 1. The van der Waals surface area contributed by atoms with Crippen molar-refractivity contribution in [2.45, 2.75) is 0 Å². The maximum absolute atomic E-state index is 11.8. The van der Waals surface area contributed by atoms with E-state index in [-0.39, 0.29) is 17.4 Å². The fourth-order valence-corrected chi connectivity index (χ4v) is 1.80. The molecule has 0 saturated heterocycles. The van der Waals surface area contributed by atoms with Gasteiger partial charge in [-0.2, -0.15) is 0 Å². The Bertz CT molecular complexity index is 526. The molecule has 1 heterocycles. The molecule has 0 aliphatic heterocycles. The van der Waals surface area contributed by atoms with E-state index in [0.717, 1.165) is 0 Å². The minimum Gasteiger partial charge on any atom is -0.504 e. The number of aromatic hydroxyl groups is 1. The summed E-state index contributed by atoms with van der Waals surface area (Å²) >= 11 is 1.34. The lowest BCUT2D eigenvalue weighted by atomic mass is 10.2. The molecule has 6 heteroatoms. The minimum atomic E-state index is -0.293. The van der Waals surface area contributed by atoms with Gasteiger partial charge in [-0.1, -0.05) is 0 Å². The molecule has 0 radical (unpaired) electrons. The van der Waals surface area contributed by atoms with E-state index >= 15 is 0 Å². The van der Waals surface area contributed by atoms with Crippen molar-refractivity contribution in [3.8, 4) is 11.5 Å². The van der Waals surface area contributed by atoms with Gasteiger partial charge in [0.25, 0.3) is 5.91 Å². The minimum absolute atomic E-state index is 0.00158. The molecule has 1 amide bonds. The molecule has 5 nitrogen and oxygen atoms in total. The van der Waals surface area contributed by atoms with Crippen molar-refractivity contribution in [1.82, 2.24) is 4.98 Å². The predicted octanol–water partition coefficient (Wildman–Crippen LogP) is 2.11. The summed E-state index contributed by atoms with van der Waals surface area (Å²) in [4.78, 5) is 15.8. The third-order valence-electron chi connectivity index (χ3n) is 2.09. The first kappa shape index (κ1) is 11.4.